The molecule has 0 bridgehead atoms. The Hall–Kier alpha value is -2.30. The quantitative estimate of drug-likeness (QED) is 0.780. The fourth-order valence-electron chi connectivity index (χ4n) is 1.27. The van der Waals surface area contributed by atoms with E-state index in [1.807, 2.05) is 0 Å². The summed E-state index contributed by atoms with van der Waals surface area (Å²) in [7, 11) is 1.26. The highest BCUT2D eigenvalue weighted by Gasteiger charge is 2.14. The number of esters is 1. The van der Waals surface area contributed by atoms with E-state index in [1.165, 1.54) is 19.2 Å². The molecule has 0 aliphatic carbocycles. The summed E-state index contributed by atoms with van der Waals surface area (Å²) in [5.74, 6) is -0.431. The van der Waals surface area contributed by atoms with E-state index in [4.69, 9.17) is 4.52 Å². The number of nitrogens with zero attached hydrogens (tertiary/aromatic N) is 1. The monoisotopic (exact) mass is 219 g/mol. The molecule has 0 saturated heterocycles. The van der Waals surface area contributed by atoms with Crippen LogP contribution in [0.1, 0.15) is 10.6 Å². The first-order valence-electron chi connectivity index (χ1n) is 4.55. The lowest BCUT2D eigenvalue weighted by Crippen LogP contribution is -1.98. The van der Waals surface area contributed by atoms with E-state index in [1.54, 1.807) is 18.2 Å². The minimum atomic E-state index is -0.584. The molecule has 0 saturated carbocycles. The third kappa shape index (κ3) is 1.88. The number of aromatic nitrogens is 1. The third-order valence-corrected chi connectivity index (χ3v) is 2.04. The van der Waals surface area contributed by atoms with E-state index in [-0.39, 0.29) is 11.5 Å². The molecular formula is C11H9NO4. The molecule has 0 radical (unpaired) electrons. The molecule has 2 rings (SSSR count). The minimum Gasteiger partial charge on any atom is -0.508 e. The summed E-state index contributed by atoms with van der Waals surface area (Å²) in [5, 5.41) is 13.0. The highest BCUT2D eigenvalue weighted by atomic mass is 16.5. The molecule has 5 heteroatoms. The topological polar surface area (TPSA) is 72.6 Å². The molecule has 0 unspecified atom stereocenters. The van der Waals surface area contributed by atoms with E-state index in [0.29, 0.717) is 11.3 Å². The molecule has 0 atom stereocenters. The number of hydrogen-bond acceptors (Lipinski definition) is 5. The molecule has 82 valence electrons. The second-order valence-corrected chi connectivity index (χ2v) is 3.12. The number of rotatable bonds is 2. The molecular weight excluding hydrogens is 210 g/mol. The van der Waals surface area contributed by atoms with Gasteiger partial charge in [-0.15, -0.1) is 0 Å². The molecule has 0 spiro atoms. The summed E-state index contributed by atoms with van der Waals surface area (Å²) in [6.45, 7) is 0. The maximum Gasteiger partial charge on any atom is 0.376 e. The summed E-state index contributed by atoms with van der Waals surface area (Å²) >= 11 is 0. The van der Waals surface area contributed by atoms with E-state index >= 15 is 0 Å². The van der Waals surface area contributed by atoms with E-state index in [0.717, 1.165) is 0 Å². The number of carbonyl (C=O) groups excluding carboxylic acids is 1. The van der Waals surface area contributed by atoms with Crippen molar-refractivity contribution in [2.45, 2.75) is 0 Å². The molecule has 16 heavy (non-hydrogen) atoms. The molecule has 0 fully saturated rings. The molecule has 1 aromatic heterocycles. The van der Waals surface area contributed by atoms with Gasteiger partial charge in [0, 0.05) is 11.6 Å². The Kier molecular flexibility index (Phi) is 2.59. The molecule has 1 N–H and O–H groups in total. The normalized spacial score (nSPS) is 10.1. The summed E-state index contributed by atoms with van der Waals surface area (Å²) in [5.41, 5.74) is 1.13. The van der Waals surface area contributed by atoms with Crippen molar-refractivity contribution in [3.63, 3.8) is 0 Å². The zero-order valence-corrected chi connectivity index (χ0v) is 8.51. The van der Waals surface area contributed by atoms with Crippen molar-refractivity contribution in [1.29, 1.82) is 0 Å². The summed E-state index contributed by atoms with van der Waals surface area (Å²) < 4.78 is 9.29. The number of aromatic hydroxyl groups is 1. The van der Waals surface area contributed by atoms with Crippen LogP contribution in [-0.2, 0) is 4.74 Å². The van der Waals surface area contributed by atoms with Gasteiger partial charge < -0.3 is 14.4 Å². The van der Waals surface area contributed by atoms with Gasteiger partial charge in [-0.2, -0.15) is 0 Å². The average molecular weight is 219 g/mol. The van der Waals surface area contributed by atoms with Gasteiger partial charge in [0.15, 0.2) is 0 Å². The van der Waals surface area contributed by atoms with Crippen molar-refractivity contribution in [3.05, 3.63) is 36.1 Å². The molecule has 5 nitrogen and oxygen atoms in total. The zero-order valence-electron chi connectivity index (χ0n) is 8.51. The maximum absolute atomic E-state index is 11.1. The van der Waals surface area contributed by atoms with Crippen molar-refractivity contribution in [3.8, 4) is 17.0 Å². The first-order chi connectivity index (χ1) is 7.70. The van der Waals surface area contributed by atoms with Crippen LogP contribution >= 0.6 is 0 Å². The zero-order chi connectivity index (χ0) is 11.5. The Morgan fingerprint density at radius 1 is 1.44 bits per heavy atom. The Bertz CT molecular complexity index is 518. The first kappa shape index (κ1) is 10.2. The first-order valence-corrected chi connectivity index (χ1v) is 4.55. The van der Waals surface area contributed by atoms with Gasteiger partial charge in [-0.1, -0.05) is 17.3 Å². The summed E-state index contributed by atoms with van der Waals surface area (Å²) in [6.07, 6.45) is 0. The van der Waals surface area contributed by atoms with Crippen LogP contribution in [0.5, 0.6) is 5.75 Å². The van der Waals surface area contributed by atoms with E-state index in [2.05, 4.69) is 9.89 Å². The van der Waals surface area contributed by atoms with Gasteiger partial charge in [-0.05, 0) is 12.1 Å². The number of methoxy groups -OCH3 is 1. The van der Waals surface area contributed by atoms with Crippen LogP contribution < -0.4 is 0 Å². The average Bonchev–Trinajstić information content (AvgIpc) is 2.77. The van der Waals surface area contributed by atoms with Crippen molar-refractivity contribution < 1.29 is 19.2 Å². The van der Waals surface area contributed by atoms with Crippen molar-refractivity contribution >= 4 is 5.97 Å². The number of carbonyl (C=O) groups is 1. The minimum absolute atomic E-state index is 0.0286. The van der Waals surface area contributed by atoms with Crippen LogP contribution in [0.3, 0.4) is 0 Å². The second-order valence-electron chi connectivity index (χ2n) is 3.12. The van der Waals surface area contributed by atoms with Crippen LogP contribution in [-0.4, -0.2) is 23.3 Å². The molecule has 1 heterocycles. The number of ether oxygens (including phenoxy) is 1. The predicted molar refractivity (Wildman–Crippen MR) is 54.9 cm³/mol. The van der Waals surface area contributed by atoms with Gasteiger partial charge in [0.1, 0.15) is 11.4 Å². The van der Waals surface area contributed by atoms with Crippen molar-refractivity contribution in [2.24, 2.45) is 0 Å². The van der Waals surface area contributed by atoms with Crippen LogP contribution in [0, 0.1) is 0 Å². The highest BCUT2D eigenvalue weighted by Crippen LogP contribution is 2.22. The molecule has 2 aromatic rings. The number of phenols is 1. The van der Waals surface area contributed by atoms with Gasteiger partial charge in [0.25, 0.3) is 0 Å². The SMILES string of the molecule is COC(=O)c1cc(-c2cccc(O)c2)no1. The number of phenolic OH excluding ortho intramolecular Hbond substituents is 1. The van der Waals surface area contributed by atoms with Crippen LogP contribution in [0.25, 0.3) is 11.3 Å². The van der Waals surface area contributed by atoms with Crippen LogP contribution in [0.2, 0.25) is 0 Å². The van der Waals surface area contributed by atoms with Crippen LogP contribution in [0.4, 0.5) is 0 Å². The van der Waals surface area contributed by atoms with Gasteiger partial charge in [0.05, 0.1) is 7.11 Å². The standard InChI is InChI=1S/C11H9NO4/c1-15-11(14)10-6-9(12-16-10)7-3-2-4-8(13)5-7/h2-6,13H,1H3. The Morgan fingerprint density at radius 3 is 2.94 bits per heavy atom. The lowest BCUT2D eigenvalue weighted by molar-refractivity contribution is 0.0554. The van der Waals surface area contributed by atoms with Crippen molar-refractivity contribution in [1.82, 2.24) is 5.16 Å². The Morgan fingerprint density at radius 2 is 2.25 bits per heavy atom. The highest BCUT2D eigenvalue weighted by molar-refractivity contribution is 5.87. The van der Waals surface area contributed by atoms with E-state index < -0.39 is 5.97 Å². The van der Waals surface area contributed by atoms with Gasteiger partial charge in [0.2, 0.25) is 5.76 Å². The molecule has 0 aliphatic heterocycles. The number of hydrogen-bond donors (Lipinski definition) is 1. The Labute approximate surface area is 91.3 Å². The van der Waals surface area contributed by atoms with Crippen LogP contribution in [0.15, 0.2) is 34.9 Å². The van der Waals surface area contributed by atoms with E-state index in [9.17, 15) is 9.90 Å². The van der Waals surface area contributed by atoms with Crippen molar-refractivity contribution in [2.75, 3.05) is 7.11 Å². The second kappa shape index (κ2) is 4.06. The fourth-order valence-corrected chi connectivity index (χ4v) is 1.27. The molecule has 0 amide bonds. The van der Waals surface area contributed by atoms with Gasteiger partial charge in [-0.25, -0.2) is 4.79 Å². The lowest BCUT2D eigenvalue weighted by atomic mass is 10.1. The summed E-state index contributed by atoms with van der Waals surface area (Å²) in [6, 6.07) is 7.96. The Balaban J connectivity index is 2.35. The number of benzene rings is 1. The maximum atomic E-state index is 11.1. The summed E-state index contributed by atoms with van der Waals surface area (Å²) in [4.78, 5) is 11.1. The van der Waals surface area contributed by atoms with Gasteiger partial charge in [-0.3, -0.25) is 0 Å². The third-order valence-electron chi connectivity index (χ3n) is 2.04. The largest absolute Gasteiger partial charge is 0.508 e. The molecule has 0 aliphatic rings. The fraction of sp³-hybridized carbons (Fsp3) is 0.0909. The smallest absolute Gasteiger partial charge is 0.376 e. The molecule has 1 aromatic carbocycles. The lowest BCUT2D eigenvalue weighted by Gasteiger charge is -1.95. The van der Waals surface area contributed by atoms with Gasteiger partial charge >= 0.3 is 5.97 Å². The predicted octanol–water partition coefficient (Wildman–Crippen LogP) is 1.83.